The number of rotatable bonds is 3. The van der Waals surface area contributed by atoms with Crippen LogP contribution in [0.2, 0.25) is 0 Å². The average Bonchev–Trinajstić information content (AvgIpc) is 2.62. The van der Waals surface area contributed by atoms with Gasteiger partial charge in [-0.25, -0.2) is 8.42 Å². The molecule has 0 atom stereocenters. The third-order valence-corrected chi connectivity index (χ3v) is 6.97. The fourth-order valence-electron chi connectivity index (χ4n) is 3.17. The van der Waals surface area contributed by atoms with Crippen LogP contribution in [0.25, 0.3) is 11.1 Å². The predicted octanol–water partition coefficient (Wildman–Crippen LogP) is 3.69. The minimum atomic E-state index is -3.29. The van der Waals surface area contributed by atoms with Crippen LogP contribution in [0.4, 0.5) is 0 Å². The van der Waals surface area contributed by atoms with Gasteiger partial charge in [-0.05, 0) is 61.1 Å². The summed E-state index contributed by atoms with van der Waals surface area (Å²) >= 11 is 0. The number of nitrogens with two attached hydrogens (primary N) is 1. The lowest BCUT2D eigenvalue weighted by Crippen LogP contribution is -2.33. The summed E-state index contributed by atoms with van der Waals surface area (Å²) in [6.07, 6.45) is 2.82. The Balaban J connectivity index is 0.00000225. The maximum absolute atomic E-state index is 12.7. The Bertz CT molecular complexity index is 848. The monoisotopic (exact) mass is 376 g/mol. The molecule has 0 heterocycles. The third kappa shape index (κ3) is 4.21. The molecule has 1 saturated carbocycles. The number of benzene rings is 2. The largest absolute Gasteiger partial charge is 0.328 e. The van der Waals surface area contributed by atoms with Gasteiger partial charge in [0.15, 0.2) is 9.84 Å². The van der Waals surface area contributed by atoms with Gasteiger partial charge in [-0.3, -0.25) is 0 Å². The highest BCUT2D eigenvalue weighted by Crippen LogP contribution is 2.29. The summed E-state index contributed by atoms with van der Waals surface area (Å²) in [4.78, 5) is 0.375. The Labute approximate surface area is 155 Å². The molecular formula is C19H21ClN2O2S. The highest BCUT2D eigenvalue weighted by molar-refractivity contribution is 7.92. The van der Waals surface area contributed by atoms with Crippen molar-refractivity contribution in [3.05, 3.63) is 54.1 Å². The van der Waals surface area contributed by atoms with E-state index in [4.69, 9.17) is 11.0 Å². The van der Waals surface area contributed by atoms with E-state index in [1.807, 2.05) is 24.3 Å². The number of halogens is 1. The summed E-state index contributed by atoms with van der Waals surface area (Å²) in [5.74, 6) is 0. The molecule has 0 radical (unpaired) electrons. The number of nitrogens with zero attached hydrogens (tertiary/aromatic N) is 1. The highest BCUT2D eigenvalue weighted by atomic mass is 35.5. The molecule has 0 amide bonds. The Morgan fingerprint density at radius 1 is 0.880 bits per heavy atom. The number of nitriles is 1. The summed E-state index contributed by atoms with van der Waals surface area (Å²) in [7, 11) is -3.29. The van der Waals surface area contributed by atoms with E-state index in [-0.39, 0.29) is 23.7 Å². The Morgan fingerprint density at radius 3 is 1.84 bits per heavy atom. The van der Waals surface area contributed by atoms with Crippen molar-refractivity contribution in [2.24, 2.45) is 5.73 Å². The van der Waals surface area contributed by atoms with Crippen LogP contribution in [-0.4, -0.2) is 19.7 Å². The van der Waals surface area contributed by atoms with E-state index in [2.05, 4.69) is 6.07 Å². The molecule has 2 N–H and O–H groups in total. The molecule has 2 aromatic carbocycles. The molecule has 1 fully saturated rings. The lowest BCUT2D eigenvalue weighted by Gasteiger charge is -2.25. The van der Waals surface area contributed by atoms with Crippen LogP contribution in [-0.2, 0) is 9.84 Å². The van der Waals surface area contributed by atoms with Crippen LogP contribution < -0.4 is 5.73 Å². The summed E-state index contributed by atoms with van der Waals surface area (Å²) in [6.45, 7) is 0. The Kier molecular flexibility index (Phi) is 6.23. The van der Waals surface area contributed by atoms with Gasteiger partial charge < -0.3 is 5.73 Å². The second kappa shape index (κ2) is 8.01. The van der Waals surface area contributed by atoms with Gasteiger partial charge in [0.05, 0.1) is 21.8 Å². The van der Waals surface area contributed by atoms with Crippen molar-refractivity contribution in [3.63, 3.8) is 0 Å². The maximum atomic E-state index is 12.7. The van der Waals surface area contributed by atoms with Gasteiger partial charge >= 0.3 is 0 Å². The molecule has 1 aliphatic rings. The van der Waals surface area contributed by atoms with Gasteiger partial charge in [0.1, 0.15) is 0 Å². The van der Waals surface area contributed by atoms with Gasteiger partial charge in [0, 0.05) is 6.04 Å². The molecule has 4 nitrogen and oxygen atoms in total. The molecule has 0 aliphatic heterocycles. The summed E-state index contributed by atoms with van der Waals surface area (Å²) in [5.41, 5.74) is 8.37. The zero-order valence-electron chi connectivity index (χ0n) is 13.8. The highest BCUT2D eigenvalue weighted by Gasteiger charge is 2.30. The van der Waals surface area contributed by atoms with Crippen LogP contribution in [0.1, 0.15) is 31.2 Å². The van der Waals surface area contributed by atoms with Gasteiger partial charge in [-0.1, -0.05) is 24.3 Å². The minimum absolute atomic E-state index is 0. The van der Waals surface area contributed by atoms with Crippen molar-refractivity contribution in [2.75, 3.05) is 0 Å². The molecule has 132 valence electrons. The summed E-state index contributed by atoms with van der Waals surface area (Å²) in [5, 5.41) is 8.52. The first-order chi connectivity index (χ1) is 11.5. The third-order valence-electron chi connectivity index (χ3n) is 4.69. The van der Waals surface area contributed by atoms with E-state index in [1.54, 1.807) is 24.3 Å². The van der Waals surface area contributed by atoms with Crippen molar-refractivity contribution in [1.29, 1.82) is 5.26 Å². The lowest BCUT2D eigenvalue weighted by atomic mass is 9.96. The number of sulfone groups is 1. The second-order valence-corrected chi connectivity index (χ2v) is 8.52. The fourth-order valence-corrected chi connectivity index (χ4v) is 4.96. The molecule has 25 heavy (non-hydrogen) atoms. The fraction of sp³-hybridized carbons (Fsp3) is 0.316. The second-order valence-electron chi connectivity index (χ2n) is 6.30. The minimum Gasteiger partial charge on any atom is -0.328 e. The van der Waals surface area contributed by atoms with Crippen molar-refractivity contribution < 1.29 is 8.42 Å². The standard InChI is InChI=1S/C19H20N2O2S.ClH/c20-13-14-1-3-15(4-2-14)16-5-9-18(10-6-16)24(22,23)19-11-7-17(21)8-12-19;/h1-6,9-10,17,19H,7-8,11-12,21H2;1H/t17-,19-;. The van der Waals surface area contributed by atoms with E-state index in [1.165, 1.54) is 0 Å². The van der Waals surface area contributed by atoms with Crippen molar-refractivity contribution in [3.8, 4) is 17.2 Å². The number of hydrogen-bond acceptors (Lipinski definition) is 4. The SMILES string of the molecule is Cl.N#Cc1ccc(-c2ccc(S(=O)(=O)[C@H]3CC[C@H](N)CC3)cc2)cc1. The predicted molar refractivity (Wildman–Crippen MR) is 101 cm³/mol. The molecule has 1 aliphatic carbocycles. The topological polar surface area (TPSA) is 84.0 Å². The van der Waals surface area contributed by atoms with E-state index >= 15 is 0 Å². The van der Waals surface area contributed by atoms with E-state index in [0.717, 1.165) is 24.0 Å². The van der Waals surface area contributed by atoms with Gasteiger partial charge in [0.25, 0.3) is 0 Å². The normalized spacial score (nSPS) is 20.3. The van der Waals surface area contributed by atoms with E-state index in [0.29, 0.717) is 23.3 Å². The zero-order chi connectivity index (χ0) is 17.2. The molecule has 2 aromatic rings. The van der Waals surface area contributed by atoms with Gasteiger partial charge in [-0.15, -0.1) is 12.4 Å². The van der Waals surface area contributed by atoms with Crippen molar-refractivity contribution in [2.45, 2.75) is 41.9 Å². The molecule has 3 rings (SSSR count). The molecule has 0 spiro atoms. The van der Waals surface area contributed by atoms with Gasteiger partial charge in [0.2, 0.25) is 0 Å². The average molecular weight is 377 g/mol. The van der Waals surface area contributed by atoms with Crippen LogP contribution in [0.3, 0.4) is 0 Å². The molecule has 6 heteroatoms. The zero-order valence-corrected chi connectivity index (χ0v) is 15.4. The first kappa shape index (κ1) is 19.5. The van der Waals surface area contributed by atoms with Crippen LogP contribution in [0, 0.1) is 11.3 Å². The quantitative estimate of drug-likeness (QED) is 0.885. The first-order valence-electron chi connectivity index (χ1n) is 8.11. The number of hydrogen-bond donors (Lipinski definition) is 1. The van der Waals surface area contributed by atoms with Crippen LogP contribution in [0.15, 0.2) is 53.4 Å². The first-order valence-corrected chi connectivity index (χ1v) is 9.65. The van der Waals surface area contributed by atoms with Crippen molar-refractivity contribution in [1.82, 2.24) is 0 Å². The lowest BCUT2D eigenvalue weighted by molar-refractivity contribution is 0.434. The molecule has 0 bridgehead atoms. The summed E-state index contributed by atoms with van der Waals surface area (Å²) in [6, 6.07) is 16.5. The Morgan fingerprint density at radius 2 is 1.36 bits per heavy atom. The molecular weight excluding hydrogens is 356 g/mol. The molecule has 0 unspecified atom stereocenters. The van der Waals surface area contributed by atoms with E-state index in [9.17, 15) is 8.42 Å². The molecule has 0 aromatic heterocycles. The van der Waals surface area contributed by atoms with Crippen molar-refractivity contribution >= 4 is 22.2 Å². The van der Waals surface area contributed by atoms with E-state index < -0.39 is 9.84 Å². The smallest absolute Gasteiger partial charge is 0.181 e. The molecule has 0 saturated heterocycles. The maximum Gasteiger partial charge on any atom is 0.181 e. The van der Waals surface area contributed by atoms with Crippen LogP contribution >= 0.6 is 12.4 Å². The van der Waals surface area contributed by atoms with Crippen LogP contribution in [0.5, 0.6) is 0 Å². The Hall–Kier alpha value is -1.87. The van der Waals surface area contributed by atoms with Gasteiger partial charge in [-0.2, -0.15) is 5.26 Å². The summed E-state index contributed by atoms with van der Waals surface area (Å²) < 4.78 is 25.5.